The highest BCUT2D eigenvalue weighted by atomic mass is 16.5. The second-order valence-corrected chi connectivity index (χ2v) is 7.13. The van der Waals surface area contributed by atoms with Gasteiger partial charge in [-0.15, -0.1) is 0 Å². The summed E-state index contributed by atoms with van der Waals surface area (Å²) in [6, 6.07) is 5.92. The number of nitrogens with zero attached hydrogens (tertiary/aromatic N) is 2. The van der Waals surface area contributed by atoms with Gasteiger partial charge in [0.15, 0.2) is 6.61 Å². The standard InChI is InChI=1S/C20H30N2O4/c1-16-4-5-18(12-17(16)2)26-15-20(23)22-6-3-9-25-19(14-22)13-21-7-10-24-11-8-21/h4-5,12,19H,3,6-11,13-15H2,1-2H3. The number of carbonyl (C=O) groups excluding carboxylic acids is 1. The predicted octanol–water partition coefficient (Wildman–Crippen LogP) is 1.63. The minimum absolute atomic E-state index is 0.0284. The predicted molar refractivity (Wildman–Crippen MR) is 99.6 cm³/mol. The van der Waals surface area contributed by atoms with Gasteiger partial charge in [0, 0.05) is 39.3 Å². The summed E-state index contributed by atoms with van der Waals surface area (Å²) in [6.07, 6.45) is 0.927. The largest absolute Gasteiger partial charge is 0.484 e. The van der Waals surface area contributed by atoms with Crippen LogP contribution in [0, 0.1) is 13.8 Å². The lowest BCUT2D eigenvalue weighted by atomic mass is 10.1. The normalized spacial score (nSPS) is 22.1. The van der Waals surface area contributed by atoms with E-state index in [2.05, 4.69) is 11.8 Å². The molecule has 144 valence electrons. The number of benzene rings is 1. The molecule has 6 heteroatoms. The number of hydrogen-bond donors (Lipinski definition) is 0. The maximum Gasteiger partial charge on any atom is 0.260 e. The number of morpholine rings is 1. The maximum absolute atomic E-state index is 12.6. The van der Waals surface area contributed by atoms with Crippen molar-refractivity contribution in [1.29, 1.82) is 0 Å². The van der Waals surface area contributed by atoms with Crippen LogP contribution in [0.1, 0.15) is 17.5 Å². The minimum Gasteiger partial charge on any atom is -0.484 e. The molecule has 0 radical (unpaired) electrons. The van der Waals surface area contributed by atoms with E-state index in [0.717, 1.165) is 51.6 Å². The third-order valence-electron chi connectivity index (χ3n) is 5.11. The van der Waals surface area contributed by atoms with Gasteiger partial charge in [-0.25, -0.2) is 0 Å². The Balaban J connectivity index is 1.50. The second-order valence-electron chi connectivity index (χ2n) is 7.13. The molecule has 2 aliphatic rings. The number of aryl methyl sites for hydroxylation is 2. The first-order chi connectivity index (χ1) is 12.6. The van der Waals surface area contributed by atoms with Gasteiger partial charge in [-0.1, -0.05) is 6.07 Å². The van der Waals surface area contributed by atoms with Gasteiger partial charge in [0.25, 0.3) is 5.91 Å². The number of ether oxygens (including phenoxy) is 3. The fraction of sp³-hybridized carbons (Fsp3) is 0.650. The first-order valence-corrected chi connectivity index (χ1v) is 9.51. The Bertz CT molecular complexity index is 601. The van der Waals surface area contributed by atoms with E-state index >= 15 is 0 Å². The Hall–Kier alpha value is -1.63. The molecule has 1 unspecified atom stereocenters. The number of carbonyl (C=O) groups is 1. The van der Waals surface area contributed by atoms with Gasteiger partial charge < -0.3 is 19.1 Å². The molecule has 26 heavy (non-hydrogen) atoms. The molecule has 0 N–H and O–H groups in total. The summed E-state index contributed by atoms with van der Waals surface area (Å²) in [5.41, 5.74) is 2.39. The molecular formula is C20H30N2O4. The van der Waals surface area contributed by atoms with E-state index in [9.17, 15) is 4.79 Å². The molecule has 0 aromatic heterocycles. The van der Waals surface area contributed by atoms with Crippen LogP contribution in [0.15, 0.2) is 18.2 Å². The first-order valence-electron chi connectivity index (χ1n) is 9.51. The zero-order valence-electron chi connectivity index (χ0n) is 15.9. The summed E-state index contributed by atoms with van der Waals surface area (Å²) in [4.78, 5) is 16.9. The van der Waals surface area contributed by atoms with Crippen molar-refractivity contribution in [2.45, 2.75) is 26.4 Å². The van der Waals surface area contributed by atoms with Crippen LogP contribution >= 0.6 is 0 Å². The van der Waals surface area contributed by atoms with E-state index in [1.807, 2.05) is 30.0 Å². The Morgan fingerprint density at radius 2 is 1.96 bits per heavy atom. The molecule has 6 nitrogen and oxygen atoms in total. The number of rotatable bonds is 5. The molecule has 1 aromatic rings. The van der Waals surface area contributed by atoms with Gasteiger partial charge in [-0.2, -0.15) is 0 Å². The van der Waals surface area contributed by atoms with Crippen molar-refractivity contribution in [3.63, 3.8) is 0 Å². The van der Waals surface area contributed by atoms with Gasteiger partial charge in [-0.05, 0) is 43.5 Å². The van der Waals surface area contributed by atoms with Crippen LogP contribution in [0.2, 0.25) is 0 Å². The summed E-state index contributed by atoms with van der Waals surface area (Å²) in [7, 11) is 0. The van der Waals surface area contributed by atoms with Gasteiger partial charge in [0.1, 0.15) is 5.75 Å². The molecule has 2 fully saturated rings. The Morgan fingerprint density at radius 1 is 1.15 bits per heavy atom. The minimum atomic E-state index is 0.0284. The second kappa shape index (κ2) is 9.35. The molecule has 2 aliphatic heterocycles. The maximum atomic E-state index is 12.6. The van der Waals surface area contributed by atoms with E-state index in [-0.39, 0.29) is 18.6 Å². The van der Waals surface area contributed by atoms with E-state index in [1.54, 1.807) is 0 Å². The van der Waals surface area contributed by atoms with Crippen molar-refractivity contribution in [2.75, 3.05) is 59.2 Å². The van der Waals surface area contributed by atoms with E-state index < -0.39 is 0 Å². The smallest absolute Gasteiger partial charge is 0.260 e. The molecular weight excluding hydrogens is 332 g/mol. The third kappa shape index (κ3) is 5.43. The number of amides is 1. The third-order valence-corrected chi connectivity index (χ3v) is 5.11. The fourth-order valence-corrected chi connectivity index (χ4v) is 3.34. The van der Waals surface area contributed by atoms with Crippen LogP contribution in [-0.4, -0.2) is 81.0 Å². The van der Waals surface area contributed by atoms with E-state index in [4.69, 9.17) is 14.2 Å². The molecule has 1 amide bonds. The van der Waals surface area contributed by atoms with Crippen LogP contribution in [0.25, 0.3) is 0 Å². The lowest BCUT2D eigenvalue weighted by Crippen LogP contribution is -2.46. The highest BCUT2D eigenvalue weighted by molar-refractivity contribution is 5.77. The van der Waals surface area contributed by atoms with Crippen LogP contribution in [0.3, 0.4) is 0 Å². The van der Waals surface area contributed by atoms with Crippen LogP contribution in [-0.2, 0) is 14.3 Å². The average molecular weight is 362 g/mol. The van der Waals surface area contributed by atoms with E-state index in [0.29, 0.717) is 13.2 Å². The van der Waals surface area contributed by atoms with Crippen molar-refractivity contribution < 1.29 is 19.0 Å². The topological polar surface area (TPSA) is 51.2 Å². The molecule has 0 bridgehead atoms. The number of hydrogen-bond acceptors (Lipinski definition) is 5. The zero-order chi connectivity index (χ0) is 18.4. The van der Waals surface area contributed by atoms with Gasteiger partial charge in [-0.3, -0.25) is 9.69 Å². The van der Waals surface area contributed by atoms with Crippen molar-refractivity contribution in [2.24, 2.45) is 0 Å². The Labute approximate surface area is 156 Å². The quantitative estimate of drug-likeness (QED) is 0.797. The monoisotopic (exact) mass is 362 g/mol. The Kier molecular flexibility index (Phi) is 6.88. The summed E-state index contributed by atoms with van der Waals surface area (Å²) >= 11 is 0. The molecule has 0 aliphatic carbocycles. The van der Waals surface area contributed by atoms with Crippen LogP contribution in [0.5, 0.6) is 5.75 Å². The summed E-state index contributed by atoms with van der Waals surface area (Å²) in [5.74, 6) is 0.776. The zero-order valence-corrected chi connectivity index (χ0v) is 15.9. The van der Waals surface area contributed by atoms with Crippen LogP contribution in [0.4, 0.5) is 0 Å². The van der Waals surface area contributed by atoms with Gasteiger partial charge in [0.05, 0.1) is 19.3 Å². The summed E-state index contributed by atoms with van der Waals surface area (Å²) in [6.45, 7) is 10.5. The van der Waals surface area contributed by atoms with Gasteiger partial charge in [0.2, 0.25) is 0 Å². The molecule has 3 rings (SSSR count). The molecule has 0 spiro atoms. The van der Waals surface area contributed by atoms with Crippen molar-refractivity contribution >= 4 is 5.91 Å². The molecule has 1 atom stereocenters. The Morgan fingerprint density at radius 3 is 2.73 bits per heavy atom. The van der Waals surface area contributed by atoms with Gasteiger partial charge >= 0.3 is 0 Å². The van der Waals surface area contributed by atoms with Crippen molar-refractivity contribution in [1.82, 2.24) is 9.80 Å². The van der Waals surface area contributed by atoms with Crippen molar-refractivity contribution in [3.05, 3.63) is 29.3 Å². The molecule has 1 aromatic carbocycles. The molecule has 0 saturated carbocycles. The summed E-state index contributed by atoms with van der Waals surface area (Å²) < 4.78 is 17.1. The highest BCUT2D eigenvalue weighted by Crippen LogP contribution is 2.17. The molecule has 2 saturated heterocycles. The highest BCUT2D eigenvalue weighted by Gasteiger charge is 2.25. The van der Waals surface area contributed by atoms with E-state index in [1.165, 1.54) is 11.1 Å². The lowest BCUT2D eigenvalue weighted by molar-refractivity contribution is -0.134. The van der Waals surface area contributed by atoms with Crippen molar-refractivity contribution in [3.8, 4) is 5.75 Å². The molecule has 2 heterocycles. The van der Waals surface area contributed by atoms with Crippen LogP contribution < -0.4 is 4.74 Å². The SMILES string of the molecule is Cc1ccc(OCC(=O)N2CCCOC(CN3CCOCC3)C2)cc1C. The lowest BCUT2D eigenvalue weighted by Gasteiger charge is -2.31. The summed E-state index contributed by atoms with van der Waals surface area (Å²) in [5, 5.41) is 0. The fourth-order valence-electron chi connectivity index (χ4n) is 3.34. The average Bonchev–Trinajstić information content (AvgIpc) is 2.89. The first kappa shape index (κ1) is 19.1.